The normalized spacial score (nSPS) is 13.0. The molecule has 0 spiro atoms. The number of nitro groups is 1. The molecule has 0 N–H and O–H groups in total. The number of aromatic nitrogens is 3. The molecule has 6 heteroatoms. The number of hydrogen-bond donors (Lipinski definition) is 0. The quantitative estimate of drug-likeness (QED) is 0.384. The lowest BCUT2D eigenvalue weighted by Gasteiger charge is -2.12. The molecule has 0 saturated carbocycles. The standard InChI is InChI=1S/C22H18N4O2/c1-14-20-21(15-7-5-10-17(13-15)26(27)28)18-11-6-12-19(18)23-22(20)25(24-14)16-8-3-2-4-9-16/h2-5,7-10,13H,6,11-12H2,1H3. The third-order valence-corrected chi connectivity index (χ3v) is 5.36. The van der Waals surface area contributed by atoms with E-state index < -0.39 is 0 Å². The summed E-state index contributed by atoms with van der Waals surface area (Å²) in [7, 11) is 0. The van der Waals surface area contributed by atoms with Crippen molar-refractivity contribution in [1.29, 1.82) is 0 Å². The number of fused-ring (bicyclic) bond motifs is 2. The Morgan fingerprint density at radius 2 is 1.89 bits per heavy atom. The first-order chi connectivity index (χ1) is 13.6. The molecule has 0 atom stereocenters. The number of aryl methyl sites for hydroxylation is 2. The van der Waals surface area contributed by atoms with E-state index in [1.54, 1.807) is 12.1 Å². The van der Waals surface area contributed by atoms with Gasteiger partial charge in [-0.2, -0.15) is 5.10 Å². The molecule has 0 unspecified atom stereocenters. The van der Waals surface area contributed by atoms with Gasteiger partial charge in [0.1, 0.15) is 0 Å². The van der Waals surface area contributed by atoms with E-state index in [2.05, 4.69) is 0 Å². The van der Waals surface area contributed by atoms with Crippen molar-refractivity contribution in [2.75, 3.05) is 0 Å². The molecule has 4 aromatic rings. The van der Waals surface area contributed by atoms with Crippen molar-refractivity contribution in [3.63, 3.8) is 0 Å². The first kappa shape index (κ1) is 16.6. The zero-order valence-electron chi connectivity index (χ0n) is 15.4. The third-order valence-electron chi connectivity index (χ3n) is 5.36. The predicted molar refractivity (Wildman–Crippen MR) is 108 cm³/mol. The van der Waals surface area contributed by atoms with E-state index in [1.807, 2.05) is 48.0 Å². The highest BCUT2D eigenvalue weighted by atomic mass is 16.6. The molecule has 0 aliphatic heterocycles. The van der Waals surface area contributed by atoms with Gasteiger partial charge in [-0.05, 0) is 55.0 Å². The van der Waals surface area contributed by atoms with E-state index in [1.165, 1.54) is 11.6 Å². The maximum atomic E-state index is 11.3. The minimum atomic E-state index is -0.345. The molecule has 0 fully saturated rings. The van der Waals surface area contributed by atoms with Crippen LogP contribution in [0.15, 0.2) is 54.6 Å². The van der Waals surface area contributed by atoms with Crippen molar-refractivity contribution >= 4 is 16.7 Å². The van der Waals surface area contributed by atoms with Gasteiger partial charge in [-0.1, -0.05) is 30.3 Å². The molecule has 138 valence electrons. The monoisotopic (exact) mass is 370 g/mol. The van der Waals surface area contributed by atoms with Gasteiger partial charge in [0, 0.05) is 17.8 Å². The second kappa shape index (κ2) is 6.27. The number of benzene rings is 2. The molecule has 0 radical (unpaired) electrons. The van der Waals surface area contributed by atoms with E-state index in [0.29, 0.717) is 0 Å². The summed E-state index contributed by atoms with van der Waals surface area (Å²) in [6, 6.07) is 16.8. The Labute approximate surface area is 161 Å². The average Bonchev–Trinajstić information content (AvgIpc) is 3.31. The number of non-ortho nitro benzene ring substituents is 1. The Hall–Kier alpha value is -3.54. The van der Waals surface area contributed by atoms with Crippen molar-refractivity contribution in [3.05, 3.63) is 81.7 Å². The number of para-hydroxylation sites is 1. The Bertz CT molecular complexity index is 1230. The van der Waals surface area contributed by atoms with Crippen molar-refractivity contribution in [2.45, 2.75) is 26.2 Å². The largest absolute Gasteiger partial charge is 0.270 e. The summed E-state index contributed by atoms with van der Waals surface area (Å²) < 4.78 is 1.88. The molecule has 2 heterocycles. The molecule has 0 bridgehead atoms. The molecule has 1 aliphatic carbocycles. The summed E-state index contributed by atoms with van der Waals surface area (Å²) in [6.45, 7) is 1.98. The predicted octanol–water partition coefficient (Wildman–Crippen LogP) is 4.79. The molecule has 1 aliphatic rings. The zero-order chi connectivity index (χ0) is 19.3. The van der Waals surface area contributed by atoms with E-state index in [0.717, 1.165) is 58.5 Å². The average molecular weight is 370 g/mol. The number of hydrogen-bond acceptors (Lipinski definition) is 4. The van der Waals surface area contributed by atoms with Crippen molar-refractivity contribution in [2.24, 2.45) is 0 Å². The summed E-state index contributed by atoms with van der Waals surface area (Å²) in [5.41, 5.74) is 6.91. The number of rotatable bonds is 3. The summed E-state index contributed by atoms with van der Waals surface area (Å²) in [5.74, 6) is 0. The van der Waals surface area contributed by atoms with Gasteiger partial charge in [0.15, 0.2) is 5.65 Å². The lowest BCUT2D eigenvalue weighted by Crippen LogP contribution is -2.00. The SMILES string of the molecule is Cc1nn(-c2ccccc2)c2nc3c(c(-c4cccc([N+](=O)[O-])c4)c12)CCC3. The lowest BCUT2D eigenvalue weighted by molar-refractivity contribution is -0.384. The molecular weight excluding hydrogens is 352 g/mol. The van der Waals surface area contributed by atoms with Gasteiger partial charge < -0.3 is 0 Å². The third kappa shape index (κ3) is 2.49. The topological polar surface area (TPSA) is 73.8 Å². The van der Waals surface area contributed by atoms with Crippen LogP contribution in [0, 0.1) is 17.0 Å². The van der Waals surface area contributed by atoms with Gasteiger partial charge in [-0.3, -0.25) is 10.1 Å². The first-order valence-corrected chi connectivity index (χ1v) is 9.35. The van der Waals surface area contributed by atoms with Gasteiger partial charge in [0.25, 0.3) is 5.69 Å². The fraction of sp³-hybridized carbons (Fsp3) is 0.182. The number of pyridine rings is 1. The molecule has 6 nitrogen and oxygen atoms in total. The summed E-state index contributed by atoms with van der Waals surface area (Å²) >= 11 is 0. The number of nitrogens with zero attached hydrogens (tertiary/aromatic N) is 4. The Morgan fingerprint density at radius 1 is 1.07 bits per heavy atom. The molecule has 2 aromatic heterocycles. The Morgan fingerprint density at radius 3 is 2.68 bits per heavy atom. The zero-order valence-corrected chi connectivity index (χ0v) is 15.4. The second-order valence-electron chi connectivity index (χ2n) is 7.10. The fourth-order valence-electron chi connectivity index (χ4n) is 4.15. The summed E-state index contributed by atoms with van der Waals surface area (Å²) in [6.07, 6.45) is 2.91. The smallest absolute Gasteiger partial charge is 0.258 e. The fourth-order valence-corrected chi connectivity index (χ4v) is 4.15. The molecule has 0 saturated heterocycles. The van der Waals surface area contributed by atoms with Crippen molar-refractivity contribution in [3.8, 4) is 16.8 Å². The van der Waals surface area contributed by atoms with Crippen LogP contribution in [-0.2, 0) is 12.8 Å². The van der Waals surface area contributed by atoms with Crippen LogP contribution in [0.25, 0.3) is 27.8 Å². The van der Waals surface area contributed by atoms with Crippen molar-refractivity contribution < 1.29 is 4.92 Å². The van der Waals surface area contributed by atoms with Gasteiger partial charge in [-0.15, -0.1) is 0 Å². The van der Waals surface area contributed by atoms with Crippen LogP contribution in [0.4, 0.5) is 5.69 Å². The van der Waals surface area contributed by atoms with Gasteiger partial charge >= 0.3 is 0 Å². The van der Waals surface area contributed by atoms with E-state index >= 15 is 0 Å². The molecule has 28 heavy (non-hydrogen) atoms. The minimum Gasteiger partial charge on any atom is -0.258 e. The number of nitro benzene ring substituents is 1. The van der Waals surface area contributed by atoms with Crippen molar-refractivity contribution in [1.82, 2.24) is 14.8 Å². The lowest BCUT2D eigenvalue weighted by atomic mass is 9.95. The second-order valence-corrected chi connectivity index (χ2v) is 7.10. The van der Waals surface area contributed by atoms with E-state index in [-0.39, 0.29) is 10.6 Å². The van der Waals surface area contributed by atoms with Crippen LogP contribution in [0.1, 0.15) is 23.4 Å². The van der Waals surface area contributed by atoms with Gasteiger partial charge in [-0.25, -0.2) is 9.67 Å². The molecule has 0 amide bonds. The maximum Gasteiger partial charge on any atom is 0.270 e. The van der Waals surface area contributed by atoms with Crippen LogP contribution in [0.3, 0.4) is 0 Å². The first-order valence-electron chi connectivity index (χ1n) is 9.35. The maximum absolute atomic E-state index is 11.3. The van der Waals surface area contributed by atoms with Crippen LogP contribution in [-0.4, -0.2) is 19.7 Å². The summed E-state index contributed by atoms with van der Waals surface area (Å²) in [5, 5.41) is 17.1. The Kier molecular flexibility index (Phi) is 3.72. The summed E-state index contributed by atoms with van der Waals surface area (Å²) in [4.78, 5) is 15.9. The van der Waals surface area contributed by atoms with Crippen LogP contribution < -0.4 is 0 Å². The minimum absolute atomic E-state index is 0.0994. The molecule has 2 aromatic carbocycles. The highest BCUT2D eigenvalue weighted by molar-refractivity contribution is 5.98. The Balaban J connectivity index is 1.86. The highest BCUT2D eigenvalue weighted by Gasteiger charge is 2.25. The molecular formula is C22H18N4O2. The van der Waals surface area contributed by atoms with Crippen LogP contribution in [0.2, 0.25) is 0 Å². The molecule has 5 rings (SSSR count). The van der Waals surface area contributed by atoms with E-state index in [4.69, 9.17) is 10.1 Å². The van der Waals surface area contributed by atoms with Crippen LogP contribution in [0.5, 0.6) is 0 Å². The van der Waals surface area contributed by atoms with Gasteiger partial charge in [0.2, 0.25) is 0 Å². The highest BCUT2D eigenvalue weighted by Crippen LogP contribution is 2.40. The van der Waals surface area contributed by atoms with Gasteiger partial charge in [0.05, 0.1) is 21.7 Å². The van der Waals surface area contributed by atoms with Crippen LogP contribution >= 0.6 is 0 Å². The van der Waals surface area contributed by atoms with E-state index in [9.17, 15) is 10.1 Å².